The van der Waals surface area contributed by atoms with Crippen LogP contribution in [0.25, 0.3) is 0 Å². The molecule has 8 heteroatoms. The number of amides is 3. The van der Waals surface area contributed by atoms with Crippen molar-refractivity contribution in [3.05, 3.63) is 58.6 Å². The van der Waals surface area contributed by atoms with Crippen LogP contribution in [0.15, 0.2) is 53.0 Å². The Morgan fingerprint density at radius 2 is 1.96 bits per heavy atom. The zero-order valence-corrected chi connectivity index (χ0v) is 16.9. The van der Waals surface area contributed by atoms with E-state index in [2.05, 4.69) is 26.6 Å². The van der Waals surface area contributed by atoms with Crippen LogP contribution in [0.3, 0.4) is 0 Å². The van der Waals surface area contributed by atoms with E-state index >= 15 is 0 Å². The molecule has 28 heavy (non-hydrogen) atoms. The number of nitrogens with one attached hydrogen (secondary N) is 2. The van der Waals surface area contributed by atoms with Crippen molar-refractivity contribution in [2.75, 3.05) is 18.1 Å². The summed E-state index contributed by atoms with van der Waals surface area (Å²) in [6.07, 6.45) is 0. The number of nitrogens with zero attached hydrogens (tertiary/aromatic N) is 1. The number of anilines is 1. The van der Waals surface area contributed by atoms with Gasteiger partial charge in [0.2, 0.25) is 11.8 Å². The standard InChI is InChI=1S/C20H20BrN3O4/c1-13(20(27)22-10-14-5-3-2-4-6-14)23-18(25)11-24-16-8-7-15(21)9-17(16)28-12-19(24)26/h2-9,13H,10-12H2,1H3,(H,22,27)(H,23,25). The number of hydrogen-bond donors (Lipinski definition) is 2. The Bertz CT molecular complexity index is 888. The molecule has 1 unspecified atom stereocenters. The fourth-order valence-electron chi connectivity index (χ4n) is 2.79. The third-order valence-corrected chi connectivity index (χ3v) is 4.74. The van der Waals surface area contributed by atoms with Crippen molar-refractivity contribution in [1.82, 2.24) is 10.6 Å². The molecule has 1 atom stereocenters. The van der Waals surface area contributed by atoms with Gasteiger partial charge in [0.15, 0.2) is 6.61 Å². The molecule has 1 heterocycles. The molecule has 3 rings (SSSR count). The van der Waals surface area contributed by atoms with Crippen LogP contribution >= 0.6 is 15.9 Å². The van der Waals surface area contributed by atoms with Gasteiger partial charge in [0.1, 0.15) is 18.3 Å². The molecule has 146 valence electrons. The second-order valence-electron chi connectivity index (χ2n) is 6.37. The van der Waals surface area contributed by atoms with Gasteiger partial charge < -0.3 is 15.4 Å². The van der Waals surface area contributed by atoms with Crippen molar-refractivity contribution in [1.29, 1.82) is 0 Å². The summed E-state index contributed by atoms with van der Waals surface area (Å²) in [5.74, 6) is -0.511. The molecule has 2 aromatic carbocycles. The van der Waals surface area contributed by atoms with Gasteiger partial charge >= 0.3 is 0 Å². The number of halogens is 1. The zero-order valence-electron chi connectivity index (χ0n) is 15.3. The highest BCUT2D eigenvalue weighted by atomic mass is 79.9. The molecule has 2 aromatic rings. The van der Waals surface area contributed by atoms with Crippen LogP contribution in [0.5, 0.6) is 5.75 Å². The molecule has 0 spiro atoms. The highest BCUT2D eigenvalue weighted by molar-refractivity contribution is 9.10. The van der Waals surface area contributed by atoms with Gasteiger partial charge in [-0.05, 0) is 30.7 Å². The molecule has 3 amide bonds. The van der Waals surface area contributed by atoms with Gasteiger partial charge in [-0.25, -0.2) is 0 Å². The summed E-state index contributed by atoms with van der Waals surface area (Å²) in [7, 11) is 0. The van der Waals surface area contributed by atoms with Gasteiger partial charge in [0, 0.05) is 11.0 Å². The van der Waals surface area contributed by atoms with Crippen LogP contribution in [0.1, 0.15) is 12.5 Å². The third-order valence-electron chi connectivity index (χ3n) is 4.25. The van der Waals surface area contributed by atoms with Crippen molar-refractivity contribution < 1.29 is 19.1 Å². The highest BCUT2D eigenvalue weighted by Gasteiger charge is 2.28. The predicted octanol–water partition coefficient (Wildman–Crippen LogP) is 2.00. The van der Waals surface area contributed by atoms with Crippen LogP contribution in [0.2, 0.25) is 0 Å². The Morgan fingerprint density at radius 1 is 1.21 bits per heavy atom. The molecule has 0 saturated heterocycles. The third kappa shape index (κ3) is 4.89. The summed E-state index contributed by atoms with van der Waals surface area (Å²) in [6, 6.07) is 14.0. The summed E-state index contributed by atoms with van der Waals surface area (Å²) >= 11 is 3.35. The summed E-state index contributed by atoms with van der Waals surface area (Å²) in [4.78, 5) is 38.1. The predicted molar refractivity (Wildman–Crippen MR) is 108 cm³/mol. The lowest BCUT2D eigenvalue weighted by molar-refractivity contribution is -0.129. The van der Waals surface area contributed by atoms with E-state index in [-0.39, 0.29) is 25.0 Å². The maximum absolute atomic E-state index is 12.4. The van der Waals surface area contributed by atoms with E-state index < -0.39 is 11.9 Å². The largest absolute Gasteiger partial charge is 0.482 e. The monoisotopic (exact) mass is 445 g/mol. The van der Waals surface area contributed by atoms with Gasteiger partial charge in [-0.15, -0.1) is 0 Å². The Kier molecular flexibility index (Phi) is 6.30. The first kappa shape index (κ1) is 19.9. The molecule has 0 saturated carbocycles. The van der Waals surface area contributed by atoms with Gasteiger partial charge in [-0.2, -0.15) is 0 Å². The molecule has 0 fully saturated rings. The van der Waals surface area contributed by atoms with Gasteiger partial charge in [-0.1, -0.05) is 46.3 Å². The molecule has 0 aliphatic carbocycles. The number of carbonyl (C=O) groups is 3. The van der Waals surface area contributed by atoms with Crippen LogP contribution in [-0.2, 0) is 20.9 Å². The topological polar surface area (TPSA) is 87.7 Å². The molecular weight excluding hydrogens is 426 g/mol. The first-order chi connectivity index (χ1) is 13.4. The highest BCUT2D eigenvalue weighted by Crippen LogP contribution is 2.34. The summed E-state index contributed by atoms with van der Waals surface area (Å²) in [5.41, 5.74) is 1.49. The second-order valence-corrected chi connectivity index (χ2v) is 7.29. The second kappa shape index (κ2) is 8.88. The molecule has 7 nitrogen and oxygen atoms in total. The Morgan fingerprint density at radius 3 is 2.71 bits per heavy atom. The first-order valence-corrected chi connectivity index (χ1v) is 9.57. The van der Waals surface area contributed by atoms with E-state index in [1.807, 2.05) is 30.3 Å². The normalized spacial score (nSPS) is 13.9. The van der Waals surface area contributed by atoms with Crippen molar-refractivity contribution in [2.24, 2.45) is 0 Å². The minimum atomic E-state index is -0.725. The summed E-state index contributed by atoms with van der Waals surface area (Å²) in [6.45, 7) is 1.66. The lowest BCUT2D eigenvalue weighted by Gasteiger charge is -2.29. The average Bonchev–Trinajstić information content (AvgIpc) is 2.69. The average molecular weight is 446 g/mol. The van der Waals surface area contributed by atoms with Gasteiger partial charge in [0.05, 0.1) is 5.69 Å². The lowest BCUT2D eigenvalue weighted by Crippen LogP contribution is -2.50. The molecule has 0 radical (unpaired) electrons. The number of hydrogen-bond acceptors (Lipinski definition) is 4. The van der Waals surface area contributed by atoms with Crippen molar-refractivity contribution in [3.8, 4) is 5.75 Å². The molecule has 1 aliphatic rings. The van der Waals surface area contributed by atoms with Crippen molar-refractivity contribution >= 4 is 39.3 Å². The Hall–Kier alpha value is -2.87. The minimum Gasteiger partial charge on any atom is -0.482 e. The molecule has 0 bridgehead atoms. The Labute approximate surface area is 171 Å². The molecule has 0 aromatic heterocycles. The quantitative estimate of drug-likeness (QED) is 0.711. The van der Waals surface area contributed by atoms with E-state index in [0.29, 0.717) is 18.0 Å². The van der Waals surface area contributed by atoms with E-state index in [4.69, 9.17) is 4.74 Å². The maximum atomic E-state index is 12.4. The summed E-state index contributed by atoms with van der Waals surface area (Å²) in [5, 5.41) is 5.41. The number of ether oxygens (including phenoxy) is 1. The first-order valence-electron chi connectivity index (χ1n) is 8.78. The molecule has 1 aliphatic heterocycles. The van der Waals surface area contributed by atoms with Crippen LogP contribution in [-0.4, -0.2) is 36.9 Å². The number of rotatable bonds is 6. The van der Waals surface area contributed by atoms with Crippen molar-refractivity contribution in [3.63, 3.8) is 0 Å². The minimum absolute atomic E-state index is 0.135. The van der Waals surface area contributed by atoms with Gasteiger partial charge in [-0.3, -0.25) is 19.3 Å². The van der Waals surface area contributed by atoms with E-state index in [0.717, 1.165) is 10.0 Å². The van der Waals surface area contributed by atoms with E-state index in [1.54, 1.807) is 25.1 Å². The van der Waals surface area contributed by atoms with E-state index in [1.165, 1.54) is 4.90 Å². The maximum Gasteiger partial charge on any atom is 0.265 e. The number of fused-ring (bicyclic) bond motifs is 1. The fraction of sp³-hybridized carbons (Fsp3) is 0.250. The van der Waals surface area contributed by atoms with Crippen LogP contribution < -0.4 is 20.3 Å². The summed E-state index contributed by atoms with van der Waals surface area (Å²) < 4.78 is 6.22. The van der Waals surface area contributed by atoms with Crippen LogP contribution in [0.4, 0.5) is 5.69 Å². The molecule has 2 N–H and O–H groups in total. The SMILES string of the molecule is CC(NC(=O)CN1C(=O)COc2cc(Br)ccc21)C(=O)NCc1ccccc1. The fourth-order valence-corrected chi connectivity index (χ4v) is 3.13. The van der Waals surface area contributed by atoms with Crippen LogP contribution in [0, 0.1) is 0 Å². The molecular formula is C20H20BrN3O4. The van der Waals surface area contributed by atoms with Gasteiger partial charge in [0.25, 0.3) is 5.91 Å². The van der Waals surface area contributed by atoms with E-state index in [9.17, 15) is 14.4 Å². The van der Waals surface area contributed by atoms with Crippen molar-refractivity contribution in [2.45, 2.75) is 19.5 Å². The smallest absolute Gasteiger partial charge is 0.265 e. The zero-order chi connectivity index (χ0) is 20.1. The lowest BCUT2D eigenvalue weighted by atomic mass is 10.2. The Balaban J connectivity index is 1.56. The number of carbonyl (C=O) groups excluding carboxylic acids is 3. The number of benzene rings is 2.